The Kier molecular flexibility index (Phi) is 29.9. The lowest BCUT2D eigenvalue weighted by atomic mass is 9.45. The number of benzene rings is 1. The summed E-state index contributed by atoms with van der Waals surface area (Å²) in [5.74, 6) is 3.03. The van der Waals surface area contributed by atoms with Crippen molar-refractivity contribution in [2.45, 2.75) is 415 Å². The Morgan fingerprint density at radius 1 is 0.364 bits per heavy atom. The van der Waals surface area contributed by atoms with E-state index in [0.717, 1.165) is 173 Å². The third kappa shape index (κ3) is 18.2. The van der Waals surface area contributed by atoms with Crippen LogP contribution >= 0.6 is 0 Å². The molecule has 0 heterocycles. The summed E-state index contributed by atoms with van der Waals surface area (Å²) in [7, 11) is 0. The van der Waals surface area contributed by atoms with Crippen LogP contribution in [0.2, 0.25) is 0 Å². The highest BCUT2D eigenvalue weighted by Gasteiger charge is 2.64. The number of carbonyl (C=O) groups is 6. The average molecular weight is 1810 g/mol. The van der Waals surface area contributed by atoms with Gasteiger partial charge in [-0.05, 0) is 415 Å². The molecule has 0 aliphatic heterocycles. The van der Waals surface area contributed by atoms with Crippen molar-refractivity contribution >= 4 is 35.8 Å². The van der Waals surface area contributed by atoms with Crippen molar-refractivity contribution in [2.24, 2.45) is 142 Å². The Bertz CT molecular complexity index is 4850. The number of fused-ring (bicyclic) bond motifs is 17. The Hall–Kier alpha value is -6.56. The summed E-state index contributed by atoms with van der Waals surface area (Å²) in [5.41, 5.74) is 19.0. The fourth-order valence-corrected chi connectivity index (χ4v) is 33.7. The molecule has 17 aliphatic rings. The topological polar surface area (TPSA) is 224 Å². The van der Waals surface area contributed by atoms with Gasteiger partial charge in [0.1, 0.15) is 0 Å². The molecular weight excluding hydrogens is 1630 g/mol. The molecule has 9 saturated carbocycles. The highest BCUT2D eigenvalue weighted by molar-refractivity contribution is 5.78. The quantitative estimate of drug-likeness (QED) is 0.114. The van der Waals surface area contributed by atoms with Gasteiger partial charge in [-0.2, -0.15) is 0 Å². The molecular formula is C120H178O12. The molecule has 17 aliphatic carbocycles. The van der Waals surface area contributed by atoms with Crippen LogP contribution in [0.4, 0.5) is 0 Å². The lowest BCUT2D eigenvalue weighted by molar-refractivity contribution is -0.165. The number of hydrogen-bond donors (Lipinski definition) is 6. The van der Waals surface area contributed by atoms with Gasteiger partial charge >= 0.3 is 35.8 Å². The lowest BCUT2D eigenvalue weighted by Gasteiger charge is -2.59. The first-order valence-corrected chi connectivity index (χ1v) is 53.2. The summed E-state index contributed by atoms with van der Waals surface area (Å²) < 4.78 is 0. The van der Waals surface area contributed by atoms with Gasteiger partial charge in [0, 0.05) is 5.41 Å². The van der Waals surface area contributed by atoms with E-state index in [1.54, 1.807) is 39.0 Å². The van der Waals surface area contributed by atoms with E-state index in [2.05, 4.69) is 191 Å². The second kappa shape index (κ2) is 38.3. The van der Waals surface area contributed by atoms with Crippen molar-refractivity contribution in [1.82, 2.24) is 0 Å². The van der Waals surface area contributed by atoms with Crippen LogP contribution in [0.3, 0.4) is 0 Å². The van der Waals surface area contributed by atoms with Gasteiger partial charge in [-0.15, -0.1) is 6.58 Å². The molecule has 0 amide bonds. The van der Waals surface area contributed by atoms with Crippen molar-refractivity contribution in [1.29, 1.82) is 0 Å². The molecule has 0 radical (unpaired) electrons. The largest absolute Gasteiger partial charge is 0.481 e. The van der Waals surface area contributed by atoms with Crippen molar-refractivity contribution in [3.05, 3.63) is 151 Å². The first-order chi connectivity index (χ1) is 61.7. The van der Waals surface area contributed by atoms with Gasteiger partial charge in [0.25, 0.3) is 0 Å². The molecule has 18 rings (SSSR count). The van der Waals surface area contributed by atoms with Crippen LogP contribution in [0.15, 0.2) is 135 Å². The predicted octanol–water partition coefficient (Wildman–Crippen LogP) is 31.2. The summed E-state index contributed by atoms with van der Waals surface area (Å²) in [6, 6.07) is 6.92. The molecule has 0 spiro atoms. The van der Waals surface area contributed by atoms with E-state index in [0.29, 0.717) is 71.0 Å². The Morgan fingerprint density at radius 2 is 0.780 bits per heavy atom. The van der Waals surface area contributed by atoms with Crippen LogP contribution in [-0.4, -0.2) is 66.5 Å². The van der Waals surface area contributed by atoms with Gasteiger partial charge < -0.3 is 30.6 Å². The molecule has 12 nitrogen and oxygen atoms in total. The van der Waals surface area contributed by atoms with Gasteiger partial charge in [0.2, 0.25) is 0 Å². The molecule has 0 saturated heterocycles. The first-order valence-electron chi connectivity index (χ1n) is 53.2. The molecule has 9 fully saturated rings. The monoisotopic (exact) mass is 1810 g/mol. The van der Waals surface area contributed by atoms with Gasteiger partial charge in [-0.3, -0.25) is 28.8 Å². The summed E-state index contributed by atoms with van der Waals surface area (Å²) >= 11 is 0. The Balaban J connectivity index is 0.000000135. The minimum atomic E-state index is -0.606. The molecule has 1 aromatic carbocycles. The fraction of sp³-hybridized carbons (Fsp3) is 0.733. The van der Waals surface area contributed by atoms with Crippen molar-refractivity contribution < 1.29 is 59.4 Å². The number of allylic oxidation sites excluding steroid dienone is 19. The standard InChI is InChI=1S/4C20H30O2.C20H28O2.C20H30O2/c5*1-13(2)14-6-8-16-15(12-14)7-9-17-19(16,3)10-5-11-20(17,4)18(21)22;1-5-18(2)12-9-15-14(13-18)7-8-16-19(15,3)10-6-11-20(16,4)17(21)22/h12,16-17H,5-11H2,1-4H3,(H,21,22);12-13,17H,5-11H2,1-4H3,(H,21,22);7,12-13,16-17H,5-6,8-11H2,1-4H3,(H,21,22);6,12-13,16-17H,5,7-11H2,1-4H3,(H,21,22);6,8,12-13,17H,5,7,9-11H2,1-4H3,(H,21,22);5,13,15-16H,1,6-12H2,2-4H3,(H,21,22)/t16?,17?,19-,20-;17?,19-,20-;2*16?,17?,19-,20-;17?,19-,20-;15?,16?,18?,19-,20-/m111111/s1. The van der Waals surface area contributed by atoms with Crippen LogP contribution < -0.4 is 0 Å². The van der Waals surface area contributed by atoms with Gasteiger partial charge in [0.15, 0.2) is 0 Å². The number of hydrogen-bond acceptors (Lipinski definition) is 6. The number of rotatable bonds is 11. The zero-order valence-electron chi connectivity index (χ0n) is 86.6. The van der Waals surface area contributed by atoms with Crippen LogP contribution in [-0.2, 0) is 40.6 Å². The SMILES string of the molecule is C=CC1(C)C=C2CCC3[C@](C)(CCC[C@@]3(C)C(=O)O)C2CC1.CC(C)=C1C=C2CCC3[C@](C)(CCC[C@@]3(C)C(=O)O)C2CC1.CC(C)C1=CC2=C(CC1)[C@@]1(C)CCC[C@@](C)(C(=O)O)C1CC2.CC(C)C1=CC2=CCC3[C@](C)(CCC[C@@]3(C)C(=O)O)C2CC1.CC(C)C1=CCC2C(=C1)CCC1[C@]2(C)CCC[C@@]1(C)C(=O)O.CC(C)c1ccc2c(c1)CCC1[C@](C)(C(=O)O)CCC[C@]21C. The Labute approximate surface area is 798 Å². The van der Waals surface area contributed by atoms with Gasteiger partial charge in [-0.25, -0.2) is 0 Å². The molecule has 6 N–H and O–H groups in total. The van der Waals surface area contributed by atoms with Crippen LogP contribution in [0.5, 0.6) is 0 Å². The third-order valence-corrected chi connectivity index (χ3v) is 42.1. The number of carboxylic acids is 6. The number of carboxylic acid groups (broad SMARTS) is 6. The zero-order chi connectivity index (χ0) is 96.8. The van der Waals surface area contributed by atoms with Crippen molar-refractivity contribution in [3.8, 4) is 0 Å². The average Bonchev–Trinajstić information content (AvgIpc) is 0.792. The summed E-state index contributed by atoms with van der Waals surface area (Å²) in [4.78, 5) is 71.7. The Morgan fingerprint density at radius 3 is 1.26 bits per heavy atom. The molecule has 0 bridgehead atoms. The third-order valence-electron chi connectivity index (χ3n) is 42.1. The van der Waals surface area contributed by atoms with Crippen LogP contribution in [0, 0.1) is 142 Å². The van der Waals surface area contributed by atoms with Crippen molar-refractivity contribution in [2.75, 3.05) is 0 Å². The van der Waals surface area contributed by atoms with Crippen LogP contribution in [0.1, 0.15) is 419 Å². The smallest absolute Gasteiger partial charge is 0.309 e. The molecule has 132 heavy (non-hydrogen) atoms. The summed E-state index contributed by atoms with van der Waals surface area (Å²) in [5, 5.41) is 59.0. The minimum absolute atomic E-state index is 0.0223. The molecule has 11 unspecified atom stereocenters. The van der Waals surface area contributed by atoms with E-state index < -0.39 is 68.3 Å². The molecule has 730 valence electrons. The summed E-state index contributed by atoms with van der Waals surface area (Å²) in [6.45, 7) is 55.0. The van der Waals surface area contributed by atoms with Gasteiger partial charge in [-0.1, -0.05) is 248 Å². The number of aliphatic carboxylic acids is 6. The maximum Gasteiger partial charge on any atom is 0.309 e. The molecule has 12 heteroatoms. The molecule has 0 aromatic heterocycles. The minimum Gasteiger partial charge on any atom is -0.481 e. The maximum atomic E-state index is 12.0. The van der Waals surface area contributed by atoms with E-state index in [1.165, 1.54) is 110 Å². The van der Waals surface area contributed by atoms with E-state index in [4.69, 9.17) is 0 Å². The van der Waals surface area contributed by atoms with E-state index in [9.17, 15) is 59.4 Å². The molecule has 23 atom stereocenters. The van der Waals surface area contributed by atoms with Crippen LogP contribution in [0.25, 0.3) is 0 Å². The maximum absolute atomic E-state index is 12.0. The predicted molar refractivity (Wildman–Crippen MR) is 537 cm³/mol. The molecule has 1 aromatic rings. The highest BCUT2D eigenvalue weighted by Crippen LogP contribution is 2.70. The second-order valence-electron chi connectivity index (χ2n) is 50.9. The normalized spacial score (nSPS) is 40.7. The second-order valence-corrected chi connectivity index (χ2v) is 50.9. The first kappa shape index (κ1) is 103. The van der Waals surface area contributed by atoms with E-state index in [1.807, 2.05) is 41.5 Å². The van der Waals surface area contributed by atoms with E-state index in [-0.39, 0.29) is 49.7 Å². The van der Waals surface area contributed by atoms with E-state index >= 15 is 0 Å². The van der Waals surface area contributed by atoms with Gasteiger partial charge in [0.05, 0.1) is 32.5 Å². The number of aryl methyl sites for hydroxylation is 1. The summed E-state index contributed by atoms with van der Waals surface area (Å²) in [6.07, 6.45) is 59.6. The van der Waals surface area contributed by atoms with Crippen molar-refractivity contribution in [3.63, 3.8) is 0 Å². The fourth-order valence-electron chi connectivity index (χ4n) is 33.7. The highest BCUT2D eigenvalue weighted by atomic mass is 16.4. The zero-order valence-corrected chi connectivity index (χ0v) is 86.6. The lowest BCUT2D eigenvalue weighted by Crippen LogP contribution is -2.54.